The Balaban J connectivity index is 1.20. The lowest BCUT2D eigenvalue weighted by atomic mass is 10.0. The van der Waals surface area contributed by atoms with Crippen LogP contribution in [0.15, 0.2) is 54.7 Å². The monoisotopic (exact) mass is 376 g/mol. The summed E-state index contributed by atoms with van der Waals surface area (Å²) >= 11 is 0. The third kappa shape index (κ3) is 3.43. The van der Waals surface area contributed by atoms with Crippen LogP contribution in [0.3, 0.4) is 0 Å². The normalized spacial score (nSPS) is 16.5. The second-order valence-electron chi connectivity index (χ2n) is 7.32. The highest BCUT2D eigenvalue weighted by Crippen LogP contribution is 2.36. The number of nitrogens with zero attached hydrogens (tertiary/aromatic N) is 2. The van der Waals surface area contributed by atoms with E-state index in [0.29, 0.717) is 6.04 Å². The molecule has 0 bridgehead atoms. The van der Waals surface area contributed by atoms with Gasteiger partial charge in [0.2, 0.25) is 6.79 Å². The molecule has 2 aliphatic heterocycles. The minimum absolute atomic E-state index is 0.290. The minimum Gasteiger partial charge on any atom is -0.454 e. The van der Waals surface area contributed by atoms with Crippen LogP contribution in [0, 0.1) is 0 Å². The maximum Gasteiger partial charge on any atom is 0.231 e. The lowest BCUT2D eigenvalue weighted by Gasteiger charge is -2.34. The van der Waals surface area contributed by atoms with Crippen molar-refractivity contribution in [1.82, 2.24) is 15.5 Å². The van der Waals surface area contributed by atoms with Crippen LogP contribution in [0.25, 0.3) is 11.3 Å². The van der Waals surface area contributed by atoms with E-state index in [4.69, 9.17) is 9.47 Å². The molecule has 0 saturated carbocycles. The summed E-state index contributed by atoms with van der Waals surface area (Å²) in [6.07, 6.45) is 4.20. The van der Waals surface area contributed by atoms with E-state index in [1.807, 2.05) is 24.4 Å². The first-order valence-corrected chi connectivity index (χ1v) is 9.82. The molecule has 3 heterocycles. The molecule has 0 atom stereocenters. The predicted octanol–water partition coefficient (Wildman–Crippen LogP) is 3.56. The Hall–Kier alpha value is -2.99. The molecular weight excluding hydrogens is 352 g/mol. The number of H-pyrrole nitrogens is 1. The van der Waals surface area contributed by atoms with Gasteiger partial charge in [-0.3, -0.25) is 5.10 Å². The smallest absolute Gasteiger partial charge is 0.231 e. The van der Waals surface area contributed by atoms with Gasteiger partial charge in [0.05, 0.1) is 11.9 Å². The van der Waals surface area contributed by atoms with Crippen LogP contribution in [0.2, 0.25) is 0 Å². The van der Waals surface area contributed by atoms with E-state index in [-0.39, 0.29) is 6.79 Å². The molecule has 144 valence electrons. The molecule has 0 amide bonds. The van der Waals surface area contributed by atoms with Crippen molar-refractivity contribution in [3.8, 4) is 22.8 Å². The van der Waals surface area contributed by atoms with E-state index in [0.717, 1.165) is 55.2 Å². The molecule has 28 heavy (non-hydrogen) atoms. The number of aromatic amines is 1. The van der Waals surface area contributed by atoms with Crippen molar-refractivity contribution in [2.24, 2.45) is 0 Å². The van der Waals surface area contributed by atoms with Gasteiger partial charge in [-0.1, -0.05) is 18.2 Å². The summed E-state index contributed by atoms with van der Waals surface area (Å²) in [5, 5.41) is 11.1. The van der Waals surface area contributed by atoms with Gasteiger partial charge in [0, 0.05) is 42.5 Å². The van der Waals surface area contributed by atoms with E-state index in [9.17, 15) is 0 Å². The van der Waals surface area contributed by atoms with E-state index in [2.05, 4.69) is 50.7 Å². The van der Waals surface area contributed by atoms with E-state index in [1.54, 1.807) is 0 Å². The second-order valence-corrected chi connectivity index (χ2v) is 7.32. The molecule has 2 aliphatic rings. The lowest BCUT2D eigenvalue weighted by molar-refractivity contribution is 0.174. The number of hydrogen-bond acceptors (Lipinski definition) is 5. The van der Waals surface area contributed by atoms with Gasteiger partial charge in [0.1, 0.15) is 0 Å². The number of ether oxygens (including phenoxy) is 2. The Bertz CT molecular complexity index is 933. The molecule has 3 aromatic rings. The molecule has 6 heteroatoms. The highest BCUT2D eigenvalue weighted by molar-refractivity contribution is 5.66. The van der Waals surface area contributed by atoms with Gasteiger partial charge in [-0.05, 0) is 43.2 Å². The SMILES string of the molecule is c1ccc(N2CCC(NCc3cn[nH]c3-c3ccc4c(c3)OCO4)CC2)cc1. The first-order valence-electron chi connectivity index (χ1n) is 9.82. The first kappa shape index (κ1) is 17.1. The van der Waals surface area contributed by atoms with E-state index in [1.165, 1.54) is 11.3 Å². The van der Waals surface area contributed by atoms with Crippen molar-refractivity contribution in [2.45, 2.75) is 25.4 Å². The third-order valence-corrected chi connectivity index (χ3v) is 5.58. The third-order valence-electron chi connectivity index (χ3n) is 5.58. The highest BCUT2D eigenvalue weighted by atomic mass is 16.7. The minimum atomic E-state index is 0.290. The molecule has 0 spiro atoms. The molecule has 0 aliphatic carbocycles. The van der Waals surface area contributed by atoms with Gasteiger partial charge >= 0.3 is 0 Å². The maximum absolute atomic E-state index is 5.50. The fourth-order valence-electron chi connectivity index (χ4n) is 3.98. The quantitative estimate of drug-likeness (QED) is 0.713. The largest absolute Gasteiger partial charge is 0.454 e. The van der Waals surface area contributed by atoms with Crippen LogP contribution in [-0.2, 0) is 6.54 Å². The predicted molar refractivity (Wildman–Crippen MR) is 109 cm³/mol. The number of hydrogen-bond donors (Lipinski definition) is 2. The van der Waals surface area contributed by atoms with Crippen molar-refractivity contribution < 1.29 is 9.47 Å². The van der Waals surface area contributed by atoms with Crippen LogP contribution in [0.1, 0.15) is 18.4 Å². The van der Waals surface area contributed by atoms with Crippen molar-refractivity contribution in [2.75, 3.05) is 24.8 Å². The number of fused-ring (bicyclic) bond motifs is 1. The van der Waals surface area contributed by atoms with Crippen molar-refractivity contribution >= 4 is 5.69 Å². The lowest BCUT2D eigenvalue weighted by Crippen LogP contribution is -2.42. The van der Waals surface area contributed by atoms with Gasteiger partial charge < -0.3 is 19.7 Å². The zero-order valence-electron chi connectivity index (χ0n) is 15.7. The number of para-hydroxylation sites is 1. The van der Waals surface area contributed by atoms with Gasteiger partial charge in [-0.25, -0.2) is 0 Å². The van der Waals surface area contributed by atoms with Gasteiger partial charge in [-0.2, -0.15) is 5.10 Å². The van der Waals surface area contributed by atoms with Gasteiger partial charge in [0.25, 0.3) is 0 Å². The molecule has 6 nitrogen and oxygen atoms in total. The zero-order chi connectivity index (χ0) is 18.8. The number of piperidine rings is 1. The average molecular weight is 376 g/mol. The maximum atomic E-state index is 5.50. The van der Waals surface area contributed by atoms with Crippen LogP contribution < -0.4 is 19.7 Å². The fourth-order valence-corrected chi connectivity index (χ4v) is 3.98. The molecule has 1 aromatic heterocycles. The summed E-state index contributed by atoms with van der Waals surface area (Å²) < 4.78 is 10.9. The second kappa shape index (κ2) is 7.56. The summed E-state index contributed by atoms with van der Waals surface area (Å²) in [5.41, 5.74) is 4.59. The standard InChI is InChI=1S/C22H24N4O2/c1-2-4-19(5-3-1)26-10-8-18(9-11-26)23-13-17-14-24-25-22(17)16-6-7-20-21(12-16)28-15-27-20/h1-7,12,14,18,23H,8-11,13,15H2,(H,24,25). The molecule has 0 unspecified atom stereocenters. The fraction of sp³-hybridized carbons (Fsp3) is 0.318. The first-order chi connectivity index (χ1) is 13.9. The van der Waals surface area contributed by atoms with Crippen LogP contribution >= 0.6 is 0 Å². The Morgan fingerprint density at radius 3 is 2.71 bits per heavy atom. The molecular formula is C22H24N4O2. The Morgan fingerprint density at radius 1 is 1.04 bits per heavy atom. The topological polar surface area (TPSA) is 62.4 Å². The van der Waals surface area contributed by atoms with Crippen molar-refractivity contribution in [1.29, 1.82) is 0 Å². The molecule has 1 saturated heterocycles. The highest BCUT2D eigenvalue weighted by Gasteiger charge is 2.20. The molecule has 2 N–H and O–H groups in total. The molecule has 5 rings (SSSR count). The summed E-state index contributed by atoms with van der Waals surface area (Å²) in [7, 11) is 0. The average Bonchev–Trinajstić information content (AvgIpc) is 3.42. The summed E-state index contributed by atoms with van der Waals surface area (Å²) in [6, 6.07) is 17.2. The van der Waals surface area contributed by atoms with E-state index < -0.39 is 0 Å². The number of rotatable bonds is 5. The Morgan fingerprint density at radius 2 is 1.86 bits per heavy atom. The number of nitrogens with one attached hydrogen (secondary N) is 2. The number of aromatic nitrogens is 2. The van der Waals surface area contributed by atoms with Crippen LogP contribution in [0.4, 0.5) is 5.69 Å². The number of anilines is 1. The summed E-state index contributed by atoms with van der Waals surface area (Å²) in [6.45, 7) is 3.26. The molecule has 1 fully saturated rings. The summed E-state index contributed by atoms with van der Waals surface area (Å²) in [4.78, 5) is 2.47. The molecule has 2 aromatic carbocycles. The summed E-state index contributed by atoms with van der Waals surface area (Å²) in [5.74, 6) is 1.59. The van der Waals surface area contributed by atoms with Crippen LogP contribution in [0.5, 0.6) is 11.5 Å². The Labute approximate surface area is 164 Å². The number of benzene rings is 2. The van der Waals surface area contributed by atoms with Gasteiger partial charge in [0.15, 0.2) is 11.5 Å². The zero-order valence-corrected chi connectivity index (χ0v) is 15.7. The molecule has 0 radical (unpaired) electrons. The van der Waals surface area contributed by atoms with Crippen molar-refractivity contribution in [3.05, 3.63) is 60.3 Å². The Kier molecular flexibility index (Phi) is 4.62. The van der Waals surface area contributed by atoms with Crippen LogP contribution in [-0.4, -0.2) is 36.1 Å². The van der Waals surface area contributed by atoms with Gasteiger partial charge in [-0.15, -0.1) is 0 Å². The van der Waals surface area contributed by atoms with Crippen molar-refractivity contribution in [3.63, 3.8) is 0 Å². The van der Waals surface area contributed by atoms with E-state index >= 15 is 0 Å².